The molecule has 0 radical (unpaired) electrons. The quantitative estimate of drug-likeness (QED) is 0.222. The van der Waals surface area contributed by atoms with Gasteiger partial charge < -0.3 is 13.7 Å². The van der Waals surface area contributed by atoms with Crippen LogP contribution in [-0.4, -0.2) is 52.7 Å². The second-order valence-corrected chi connectivity index (χ2v) is 10.3. The molecule has 2 atom stereocenters. The highest BCUT2D eigenvalue weighted by molar-refractivity contribution is 7.86. The summed E-state index contributed by atoms with van der Waals surface area (Å²) in [5.74, 6) is -1.23. The Labute approximate surface area is 185 Å². The molecule has 1 rings (SSSR count). The molecule has 0 aromatic rings. The van der Waals surface area contributed by atoms with E-state index in [4.69, 9.17) is 22.7 Å². The van der Waals surface area contributed by atoms with E-state index in [1.807, 2.05) is 13.8 Å². The number of rotatable bonds is 14. The summed E-state index contributed by atoms with van der Waals surface area (Å²) in [5, 5.41) is 2.73. The van der Waals surface area contributed by atoms with Crippen molar-refractivity contribution in [2.75, 3.05) is 26.1 Å². The Balaban J connectivity index is 3.49. The van der Waals surface area contributed by atoms with E-state index in [0.29, 0.717) is 12.8 Å². The number of carbonyl (C=O) groups is 1. The van der Waals surface area contributed by atoms with Crippen LogP contribution in [0, 0.1) is 5.92 Å². The number of nitrogens with one attached hydrogen (secondary N) is 1. The molecule has 12 heteroatoms. The number of hydrogen-bond acceptors (Lipinski definition) is 9. The predicted octanol–water partition coefficient (Wildman–Crippen LogP) is 3.49. The summed E-state index contributed by atoms with van der Waals surface area (Å²) < 4.78 is 64.1. The van der Waals surface area contributed by atoms with Crippen molar-refractivity contribution in [3.05, 3.63) is 11.5 Å². The molecule has 0 aliphatic heterocycles. The number of carbonyl (C=O) groups excluding carboxylic acids is 1. The Morgan fingerprint density at radius 3 is 2.13 bits per heavy atom. The fourth-order valence-electron chi connectivity index (χ4n) is 3.23. The molecule has 0 amide bonds. The van der Waals surface area contributed by atoms with Crippen molar-refractivity contribution in [3.8, 4) is 0 Å². The van der Waals surface area contributed by atoms with Crippen molar-refractivity contribution in [1.29, 1.82) is 0 Å². The summed E-state index contributed by atoms with van der Waals surface area (Å²) in [7, 11) is -7.76. The van der Waals surface area contributed by atoms with Crippen molar-refractivity contribution in [2.24, 2.45) is 5.92 Å². The van der Waals surface area contributed by atoms with Gasteiger partial charge in [0.25, 0.3) is 0 Å². The van der Waals surface area contributed by atoms with Gasteiger partial charge in [0.2, 0.25) is 0 Å². The third-order valence-electron chi connectivity index (χ3n) is 4.55. The molecule has 0 fully saturated rings. The average Bonchev–Trinajstić information content (AvgIpc) is 2.67. The summed E-state index contributed by atoms with van der Waals surface area (Å²) in [6.45, 7) is 9.31. The van der Waals surface area contributed by atoms with Crippen molar-refractivity contribution >= 4 is 23.8 Å². The van der Waals surface area contributed by atoms with E-state index >= 15 is 0 Å². The van der Waals surface area contributed by atoms with Gasteiger partial charge in [0.05, 0.1) is 43.8 Å². The van der Waals surface area contributed by atoms with Gasteiger partial charge in [-0.15, -0.1) is 0 Å². The van der Waals surface area contributed by atoms with Gasteiger partial charge in [0.15, 0.2) is 0 Å². The van der Waals surface area contributed by atoms with Crippen molar-refractivity contribution in [1.82, 2.24) is 5.09 Å². The van der Waals surface area contributed by atoms with Gasteiger partial charge in [-0.1, -0.05) is 13.8 Å². The Bertz CT molecular complexity index is 754. The van der Waals surface area contributed by atoms with E-state index < -0.39 is 35.9 Å². The molecule has 1 aliphatic rings. The summed E-state index contributed by atoms with van der Waals surface area (Å²) in [6, 6.07) is 0. The topological polar surface area (TPSA) is 126 Å². The van der Waals surface area contributed by atoms with Crippen LogP contribution in [0.25, 0.3) is 0 Å². The van der Waals surface area contributed by atoms with Gasteiger partial charge in [-0.2, -0.15) is 8.42 Å². The molecule has 0 bridgehead atoms. The minimum Gasteiger partial charge on any atom is -0.466 e. The molecule has 0 aromatic heterocycles. The molecule has 10 nitrogen and oxygen atoms in total. The summed E-state index contributed by atoms with van der Waals surface area (Å²) in [5.41, 5.74) is 0.142. The van der Waals surface area contributed by atoms with Crippen molar-refractivity contribution in [3.63, 3.8) is 0 Å². The number of ether oxygens (including phenoxy) is 2. The molecular formula is C19H36NO9PS. The lowest BCUT2D eigenvalue weighted by Crippen LogP contribution is -2.39. The highest BCUT2D eigenvalue weighted by atomic mass is 32.2. The molecule has 0 heterocycles. The minimum atomic E-state index is -3.94. The van der Waals surface area contributed by atoms with Crippen molar-refractivity contribution in [2.45, 2.75) is 72.5 Å². The third kappa shape index (κ3) is 9.10. The molecule has 1 N–H and O–H groups in total. The van der Waals surface area contributed by atoms with Crippen molar-refractivity contribution < 1.29 is 40.5 Å². The van der Waals surface area contributed by atoms with Gasteiger partial charge in [0, 0.05) is 6.42 Å². The number of allylic oxidation sites excluding steroid dienone is 1. The summed E-state index contributed by atoms with van der Waals surface area (Å²) >= 11 is 0. The van der Waals surface area contributed by atoms with Crippen LogP contribution in [0.4, 0.5) is 0 Å². The number of hydrogen-bond donors (Lipinski definition) is 1. The Hall–Kier alpha value is -1.13. The van der Waals surface area contributed by atoms with Crippen LogP contribution in [0.1, 0.15) is 60.3 Å². The zero-order chi connectivity index (χ0) is 23.7. The van der Waals surface area contributed by atoms with E-state index in [2.05, 4.69) is 5.09 Å². The van der Waals surface area contributed by atoms with E-state index in [1.165, 1.54) is 0 Å². The van der Waals surface area contributed by atoms with Gasteiger partial charge in [-0.25, -0.2) is 4.57 Å². The van der Waals surface area contributed by atoms with E-state index in [-0.39, 0.29) is 50.2 Å². The predicted molar refractivity (Wildman–Crippen MR) is 116 cm³/mol. The highest BCUT2D eigenvalue weighted by Gasteiger charge is 2.41. The highest BCUT2D eigenvalue weighted by Crippen LogP contribution is 2.47. The standard InChI is InChI=1S/C19H36NO9PS/c1-7-15(8-2)28-16-12-14(19(21)25-9-3)13-17(29-31(6,23)24)18(16)20-30(22,26-10-4)27-11-5/h14-16H,7-13H2,1-6H3,(H,20,22)/t14?,16-/m1/s1. The second kappa shape index (κ2) is 12.8. The first kappa shape index (κ1) is 27.9. The zero-order valence-electron chi connectivity index (χ0n) is 19.2. The molecule has 31 heavy (non-hydrogen) atoms. The van der Waals surface area contributed by atoms with Crippen LogP contribution in [0.2, 0.25) is 0 Å². The molecule has 182 valence electrons. The molecule has 0 saturated heterocycles. The fraction of sp³-hybridized carbons (Fsp3) is 0.842. The maximum absolute atomic E-state index is 13.1. The molecule has 1 aliphatic carbocycles. The van der Waals surface area contributed by atoms with Crippen LogP contribution in [0.15, 0.2) is 11.5 Å². The maximum Gasteiger partial charge on any atom is 0.432 e. The van der Waals surface area contributed by atoms with E-state index in [9.17, 15) is 17.8 Å². The van der Waals surface area contributed by atoms with Gasteiger partial charge in [0.1, 0.15) is 11.9 Å². The van der Waals surface area contributed by atoms with Crippen LogP contribution in [0.5, 0.6) is 0 Å². The Morgan fingerprint density at radius 1 is 1.10 bits per heavy atom. The monoisotopic (exact) mass is 485 g/mol. The lowest BCUT2D eigenvalue weighted by atomic mass is 9.89. The lowest BCUT2D eigenvalue weighted by molar-refractivity contribution is -0.150. The van der Waals surface area contributed by atoms with Gasteiger partial charge >= 0.3 is 23.8 Å². The van der Waals surface area contributed by atoms with E-state index in [1.54, 1.807) is 20.8 Å². The maximum atomic E-state index is 13.1. The summed E-state index contributed by atoms with van der Waals surface area (Å²) in [6.07, 6.45) is 1.47. The largest absolute Gasteiger partial charge is 0.466 e. The van der Waals surface area contributed by atoms with Gasteiger partial charge in [-0.3, -0.25) is 18.9 Å². The number of esters is 1. The van der Waals surface area contributed by atoms with Gasteiger partial charge in [-0.05, 0) is 40.0 Å². The fourth-order valence-corrected chi connectivity index (χ4v) is 5.21. The Kier molecular flexibility index (Phi) is 11.5. The normalized spacial score (nSPS) is 20.1. The zero-order valence-corrected chi connectivity index (χ0v) is 20.9. The van der Waals surface area contributed by atoms with Crippen LogP contribution >= 0.6 is 7.75 Å². The SMILES string of the molecule is CCOC(=O)C1CC(OS(C)(=O)=O)=C(NP(=O)(OCC)OCC)[C@H](OC(CC)CC)C1. The molecule has 1 unspecified atom stereocenters. The van der Waals surface area contributed by atoms with Crippen LogP contribution in [-0.2, 0) is 42.2 Å². The first-order chi connectivity index (χ1) is 14.5. The first-order valence-corrected chi connectivity index (χ1v) is 14.0. The van der Waals surface area contributed by atoms with E-state index in [0.717, 1.165) is 6.26 Å². The second-order valence-electron chi connectivity index (χ2n) is 7.02. The summed E-state index contributed by atoms with van der Waals surface area (Å²) in [4.78, 5) is 12.4. The lowest BCUT2D eigenvalue weighted by Gasteiger charge is -2.35. The smallest absolute Gasteiger partial charge is 0.432 e. The molecule has 0 spiro atoms. The average molecular weight is 486 g/mol. The molecular weight excluding hydrogens is 449 g/mol. The minimum absolute atomic E-state index is 0.0603. The van der Waals surface area contributed by atoms with Crippen LogP contribution < -0.4 is 5.09 Å². The van der Waals surface area contributed by atoms with Crippen LogP contribution in [0.3, 0.4) is 0 Å². The third-order valence-corrected chi connectivity index (χ3v) is 6.76. The first-order valence-electron chi connectivity index (χ1n) is 10.6. The Morgan fingerprint density at radius 2 is 1.68 bits per heavy atom. The molecule has 0 saturated carbocycles. The molecule has 0 aromatic carbocycles.